The summed E-state index contributed by atoms with van der Waals surface area (Å²) >= 11 is 0. The molecule has 0 unspecified atom stereocenters. The highest BCUT2D eigenvalue weighted by atomic mass is 16.3. The predicted molar refractivity (Wildman–Crippen MR) is 114 cm³/mol. The van der Waals surface area contributed by atoms with Gasteiger partial charge in [-0.05, 0) is 42.5 Å². The Morgan fingerprint density at radius 3 is 2.66 bits per heavy atom. The maximum Gasteiger partial charge on any atom is 0.255 e. The van der Waals surface area contributed by atoms with Crippen molar-refractivity contribution in [1.82, 2.24) is 10.3 Å². The average Bonchev–Trinajstić information content (AvgIpc) is 2.70. The average molecular weight is 397 g/mol. The van der Waals surface area contributed by atoms with Crippen LogP contribution < -0.4 is 16.5 Å². The van der Waals surface area contributed by atoms with E-state index in [1.54, 1.807) is 6.07 Å². The van der Waals surface area contributed by atoms with E-state index in [1.165, 1.54) is 6.07 Å². The van der Waals surface area contributed by atoms with Crippen LogP contribution in [0.4, 0.5) is 5.82 Å². The van der Waals surface area contributed by atoms with Crippen LogP contribution in [0.3, 0.4) is 0 Å². The summed E-state index contributed by atoms with van der Waals surface area (Å²) in [6, 6.07) is 6.98. The van der Waals surface area contributed by atoms with Crippen molar-refractivity contribution in [1.29, 1.82) is 0 Å². The van der Waals surface area contributed by atoms with Crippen LogP contribution in [-0.4, -0.2) is 29.1 Å². The first-order chi connectivity index (χ1) is 13.9. The van der Waals surface area contributed by atoms with Crippen molar-refractivity contribution in [2.24, 2.45) is 0 Å². The van der Waals surface area contributed by atoms with Gasteiger partial charge in [0.15, 0.2) is 0 Å². The van der Waals surface area contributed by atoms with Gasteiger partial charge in [0.1, 0.15) is 11.4 Å². The summed E-state index contributed by atoms with van der Waals surface area (Å²) in [5.41, 5.74) is 7.49. The summed E-state index contributed by atoms with van der Waals surface area (Å²) < 4.78 is 5.77. The first-order valence-electron chi connectivity index (χ1n) is 9.98. The Hall–Kier alpha value is -2.93. The SMILES string of the molecule is CC(C)c1ccc2oc3nc(N)c(C(=O)NCCCCCCO)cc3c(=O)c2c1. The van der Waals surface area contributed by atoms with Crippen molar-refractivity contribution < 1.29 is 14.3 Å². The Kier molecular flexibility index (Phi) is 6.49. The number of nitrogens with zero attached hydrogens (tertiary/aromatic N) is 1. The van der Waals surface area contributed by atoms with E-state index in [1.807, 2.05) is 12.1 Å². The topological polar surface area (TPSA) is 118 Å². The number of anilines is 1. The number of fused-ring (bicyclic) bond motifs is 2. The van der Waals surface area contributed by atoms with Crippen LogP contribution >= 0.6 is 0 Å². The molecule has 7 heteroatoms. The van der Waals surface area contributed by atoms with Gasteiger partial charge in [0, 0.05) is 13.2 Å². The minimum absolute atomic E-state index is 0.0246. The van der Waals surface area contributed by atoms with E-state index in [-0.39, 0.29) is 46.3 Å². The molecule has 0 atom stereocenters. The number of aromatic nitrogens is 1. The standard InChI is InChI=1S/C22H27N3O4/c1-13(2)14-7-8-18-15(11-14)19(27)16-12-17(20(23)25-22(16)29-18)21(28)24-9-5-3-4-6-10-26/h7-8,11-13,26H,3-6,9-10H2,1-2H3,(H2,23,25)(H,24,28). The number of carbonyl (C=O) groups is 1. The van der Waals surface area contributed by atoms with Crippen molar-refractivity contribution >= 4 is 33.8 Å². The first kappa shape index (κ1) is 20.8. The fourth-order valence-electron chi connectivity index (χ4n) is 3.24. The van der Waals surface area contributed by atoms with Gasteiger partial charge in [-0.2, -0.15) is 4.98 Å². The molecule has 0 radical (unpaired) electrons. The molecule has 0 fully saturated rings. The molecule has 1 amide bonds. The molecule has 0 aliphatic carbocycles. The van der Waals surface area contributed by atoms with Gasteiger partial charge in [-0.3, -0.25) is 9.59 Å². The van der Waals surface area contributed by atoms with Crippen LogP contribution in [0.5, 0.6) is 0 Å². The zero-order valence-corrected chi connectivity index (χ0v) is 16.8. The Labute approximate surface area is 168 Å². The summed E-state index contributed by atoms with van der Waals surface area (Å²) in [6.07, 6.45) is 3.40. The Balaban J connectivity index is 1.90. The van der Waals surface area contributed by atoms with Crippen molar-refractivity contribution in [3.05, 3.63) is 45.6 Å². The molecule has 1 aromatic carbocycles. The molecule has 0 aliphatic rings. The van der Waals surface area contributed by atoms with Crippen LogP contribution in [-0.2, 0) is 0 Å². The lowest BCUT2D eigenvalue weighted by atomic mass is 10.0. The predicted octanol–water partition coefficient (Wildman–Crippen LogP) is 3.33. The molecule has 3 rings (SSSR count). The first-order valence-corrected chi connectivity index (χ1v) is 9.98. The van der Waals surface area contributed by atoms with Crippen LogP contribution in [0, 0.1) is 0 Å². The number of hydrogen-bond donors (Lipinski definition) is 3. The second-order valence-corrected chi connectivity index (χ2v) is 7.51. The van der Waals surface area contributed by atoms with E-state index in [0.717, 1.165) is 31.2 Å². The molecular formula is C22H27N3O4. The lowest BCUT2D eigenvalue weighted by Crippen LogP contribution is -2.26. The summed E-state index contributed by atoms with van der Waals surface area (Å²) in [6.45, 7) is 4.78. The number of unbranched alkanes of at least 4 members (excludes halogenated alkanes) is 3. The number of aliphatic hydroxyl groups excluding tert-OH is 1. The number of amides is 1. The van der Waals surface area contributed by atoms with E-state index >= 15 is 0 Å². The zero-order chi connectivity index (χ0) is 21.0. The van der Waals surface area contributed by atoms with Gasteiger partial charge >= 0.3 is 0 Å². The number of nitrogens with two attached hydrogens (primary N) is 1. The van der Waals surface area contributed by atoms with Crippen LogP contribution in [0.1, 0.15) is 61.4 Å². The third-order valence-corrected chi connectivity index (χ3v) is 5.00. The molecular weight excluding hydrogens is 370 g/mol. The number of hydrogen-bond acceptors (Lipinski definition) is 6. The number of carbonyl (C=O) groups excluding carboxylic acids is 1. The van der Waals surface area contributed by atoms with Gasteiger partial charge < -0.3 is 20.6 Å². The van der Waals surface area contributed by atoms with Gasteiger partial charge in [0.25, 0.3) is 5.91 Å². The van der Waals surface area contributed by atoms with Crippen molar-refractivity contribution in [3.63, 3.8) is 0 Å². The number of nitrogens with one attached hydrogen (secondary N) is 1. The van der Waals surface area contributed by atoms with Gasteiger partial charge in [-0.1, -0.05) is 32.8 Å². The Morgan fingerprint density at radius 2 is 1.93 bits per heavy atom. The molecule has 7 nitrogen and oxygen atoms in total. The number of benzene rings is 1. The molecule has 2 heterocycles. The monoisotopic (exact) mass is 397 g/mol. The quantitative estimate of drug-likeness (QED) is 0.396. The minimum atomic E-state index is -0.366. The maximum absolute atomic E-state index is 13.0. The summed E-state index contributed by atoms with van der Waals surface area (Å²) in [7, 11) is 0. The fourth-order valence-corrected chi connectivity index (χ4v) is 3.24. The van der Waals surface area contributed by atoms with E-state index in [0.29, 0.717) is 17.5 Å². The molecule has 0 saturated heterocycles. The summed E-state index contributed by atoms with van der Waals surface area (Å²) in [4.78, 5) is 29.7. The molecule has 3 aromatic rings. The molecule has 154 valence electrons. The van der Waals surface area contributed by atoms with Crippen LogP contribution in [0.25, 0.3) is 22.1 Å². The van der Waals surface area contributed by atoms with Crippen molar-refractivity contribution in [2.45, 2.75) is 45.4 Å². The number of aliphatic hydroxyl groups is 1. The van der Waals surface area contributed by atoms with Gasteiger partial charge in [-0.25, -0.2) is 0 Å². The smallest absolute Gasteiger partial charge is 0.255 e. The Morgan fingerprint density at radius 1 is 1.17 bits per heavy atom. The molecule has 0 aliphatic heterocycles. The minimum Gasteiger partial charge on any atom is -0.437 e. The summed E-state index contributed by atoms with van der Waals surface area (Å²) in [5.74, 6) is -0.0659. The molecule has 0 bridgehead atoms. The highest BCUT2D eigenvalue weighted by Crippen LogP contribution is 2.24. The highest BCUT2D eigenvalue weighted by molar-refractivity contribution is 6.02. The molecule has 2 aromatic heterocycles. The lowest BCUT2D eigenvalue weighted by molar-refractivity contribution is 0.0953. The summed E-state index contributed by atoms with van der Waals surface area (Å²) in [5, 5.41) is 12.3. The molecule has 29 heavy (non-hydrogen) atoms. The van der Waals surface area contributed by atoms with E-state index in [9.17, 15) is 9.59 Å². The van der Waals surface area contributed by atoms with Crippen molar-refractivity contribution in [3.8, 4) is 0 Å². The third kappa shape index (κ3) is 4.56. The largest absolute Gasteiger partial charge is 0.437 e. The van der Waals surface area contributed by atoms with Crippen LogP contribution in [0.2, 0.25) is 0 Å². The maximum atomic E-state index is 13.0. The normalized spacial score (nSPS) is 11.4. The number of pyridine rings is 1. The van der Waals surface area contributed by atoms with E-state index in [2.05, 4.69) is 24.1 Å². The molecule has 0 saturated carbocycles. The second-order valence-electron chi connectivity index (χ2n) is 7.51. The lowest BCUT2D eigenvalue weighted by Gasteiger charge is -2.10. The highest BCUT2D eigenvalue weighted by Gasteiger charge is 2.17. The van der Waals surface area contributed by atoms with E-state index < -0.39 is 0 Å². The Bertz CT molecular complexity index is 1090. The van der Waals surface area contributed by atoms with Gasteiger partial charge in [-0.15, -0.1) is 0 Å². The zero-order valence-electron chi connectivity index (χ0n) is 16.8. The second kappa shape index (κ2) is 9.05. The molecule has 4 N–H and O–H groups in total. The number of rotatable bonds is 8. The van der Waals surface area contributed by atoms with Crippen LogP contribution in [0.15, 0.2) is 33.5 Å². The van der Waals surface area contributed by atoms with E-state index in [4.69, 9.17) is 15.3 Å². The number of nitrogen functional groups attached to an aromatic ring is 1. The van der Waals surface area contributed by atoms with Gasteiger partial charge in [0.2, 0.25) is 11.1 Å². The third-order valence-electron chi connectivity index (χ3n) is 5.00. The van der Waals surface area contributed by atoms with Gasteiger partial charge in [0.05, 0.1) is 16.3 Å². The van der Waals surface area contributed by atoms with Crippen molar-refractivity contribution in [2.75, 3.05) is 18.9 Å². The molecule has 0 spiro atoms. The fraction of sp³-hybridized carbons (Fsp3) is 0.409.